The molecule has 0 spiro atoms. The summed E-state index contributed by atoms with van der Waals surface area (Å²) in [6, 6.07) is 6.10. The summed E-state index contributed by atoms with van der Waals surface area (Å²) in [6.07, 6.45) is 8.13. The third kappa shape index (κ3) is 4.02. The van der Waals surface area contributed by atoms with Gasteiger partial charge in [0.05, 0.1) is 14.2 Å². The summed E-state index contributed by atoms with van der Waals surface area (Å²) >= 11 is 0. The summed E-state index contributed by atoms with van der Waals surface area (Å²) in [5.74, 6) is 2.15. The van der Waals surface area contributed by atoms with Gasteiger partial charge in [0.1, 0.15) is 11.5 Å². The van der Waals surface area contributed by atoms with Gasteiger partial charge >= 0.3 is 0 Å². The highest BCUT2D eigenvalue weighted by atomic mass is 16.5. The number of hydrogen-bond donors (Lipinski definition) is 1. The van der Waals surface area contributed by atoms with Gasteiger partial charge in [-0.15, -0.1) is 0 Å². The van der Waals surface area contributed by atoms with E-state index in [1.807, 2.05) is 18.2 Å². The highest BCUT2D eigenvalue weighted by Gasteiger charge is 2.25. The zero-order valence-corrected chi connectivity index (χ0v) is 14.5. The van der Waals surface area contributed by atoms with E-state index in [0.717, 1.165) is 49.5 Å². The van der Waals surface area contributed by atoms with Gasteiger partial charge in [-0.05, 0) is 25.2 Å². The second kappa shape index (κ2) is 7.60. The van der Waals surface area contributed by atoms with Crippen LogP contribution in [-0.2, 0) is 4.79 Å². The zero-order chi connectivity index (χ0) is 16.9. The first kappa shape index (κ1) is 16.7. The van der Waals surface area contributed by atoms with Crippen LogP contribution in [0, 0.1) is 5.92 Å². The zero-order valence-electron chi connectivity index (χ0n) is 14.5. The van der Waals surface area contributed by atoms with Gasteiger partial charge in [0.25, 0.3) is 0 Å². The van der Waals surface area contributed by atoms with E-state index in [-0.39, 0.29) is 11.9 Å². The maximum Gasteiger partial charge on any atom is 0.220 e. The topological polar surface area (TPSA) is 50.8 Å². The van der Waals surface area contributed by atoms with E-state index in [9.17, 15) is 4.79 Å². The molecular weight excluding hydrogens is 304 g/mol. The summed E-state index contributed by atoms with van der Waals surface area (Å²) in [7, 11) is 3.31. The van der Waals surface area contributed by atoms with Crippen LogP contribution in [0.5, 0.6) is 11.5 Å². The lowest BCUT2D eigenvalue weighted by molar-refractivity contribution is -0.122. The number of anilines is 1. The van der Waals surface area contributed by atoms with Crippen molar-refractivity contribution in [2.75, 3.05) is 32.2 Å². The van der Waals surface area contributed by atoms with Gasteiger partial charge in [0.15, 0.2) is 0 Å². The minimum atomic E-state index is 0.168. The molecule has 2 atom stereocenters. The molecule has 0 unspecified atom stereocenters. The Labute approximate surface area is 143 Å². The summed E-state index contributed by atoms with van der Waals surface area (Å²) < 4.78 is 10.7. The van der Waals surface area contributed by atoms with Gasteiger partial charge in [0.2, 0.25) is 5.91 Å². The van der Waals surface area contributed by atoms with Crippen LogP contribution in [0.25, 0.3) is 0 Å². The SMILES string of the molecule is COc1cc(OC)cc(N2CC[C@H](NC(=O)C[C@H]3C=CCC3)C2)c1. The Balaban J connectivity index is 1.56. The Morgan fingerprint density at radius 3 is 2.58 bits per heavy atom. The number of nitrogens with one attached hydrogen (secondary N) is 1. The molecular formula is C19H26N2O3. The minimum absolute atomic E-state index is 0.168. The van der Waals surface area contributed by atoms with Crippen LogP contribution in [0.15, 0.2) is 30.4 Å². The first-order valence-corrected chi connectivity index (χ1v) is 8.62. The molecule has 5 heteroatoms. The number of carbonyl (C=O) groups excluding carboxylic acids is 1. The van der Waals surface area contributed by atoms with E-state index in [0.29, 0.717) is 12.3 Å². The molecule has 1 N–H and O–H groups in total. The Bertz CT molecular complexity index is 592. The van der Waals surface area contributed by atoms with Crippen LogP contribution >= 0.6 is 0 Å². The predicted molar refractivity (Wildman–Crippen MR) is 94.8 cm³/mol. The van der Waals surface area contributed by atoms with E-state index < -0.39 is 0 Å². The average molecular weight is 330 g/mol. The van der Waals surface area contributed by atoms with E-state index in [2.05, 4.69) is 22.4 Å². The fourth-order valence-electron chi connectivity index (χ4n) is 3.48. The smallest absolute Gasteiger partial charge is 0.220 e. The third-order valence-corrected chi connectivity index (χ3v) is 4.81. The highest BCUT2D eigenvalue weighted by Crippen LogP contribution is 2.30. The molecule has 3 rings (SSSR count). The Morgan fingerprint density at radius 2 is 1.96 bits per heavy atom. The fraction of sp³-hybridized carbons (Fsp3) is 0.526. The van der Waals surface area contributed by atoms with Gasteiger partial charge in [-0.1, -0.05) is 12.2 Å². The standard InChI is InChI=1S/C19H26N2O3/c1-23-17-10-16(11-18(12-17)24-2)21-8-7-15(13-21)20-19(22)9-14-5-3-4-6-14/h3,5,10-12,14-15H,4,6-9,13H2,1-2H3,(H,20,22)/t14-,15-/m0/s1. The van der Waals surface area contributed by atoms with E-state index >= 15 is 0 Å². The van der Waals surface area contributed by atoms with Crippen molar-refractivity contribution in [3.63, 3.8) is 0 Å². The monoisotopic (exact) mass is 330 g/mol. The van der Waals surface area contributed by atoms with Crippen molar-refractivity contribution in [1.82, 2.24) is 5.32 Å². The fourth-order valence-corrected chi connectivity index (χ4v) is 3.48. The Hall–Kier alpha value is -2.17. The largest absolute Gasteiger partial charge is 0.497 e. The van der Waals surface area contributed by atoms with Gasteiger partial charge in [-0.25, -0.2) is 0 Å². The highest BCUT2D eigenvalue weighted by molar-refractivity contribution is 5.77. The second-order valence-electron chi connectivity index (χ2n) is 6.54. The molecule has 0 bridgehead atoms. The summed E-state index contributed by atoms with van der Waals surface area (Å²) in [5, 5.41) is 3.19. The van der Waals surface area contributed by atoms with Crippen molar-refractivity contribution in [3.8, 4) is 11.5 Å². The van der Waals surface area contributed by atoms with Crippen molar-refractivity contribution >= 4 is 11.6 Å². The maximum atomic E-state index is 12.2. The molecule has 1 heterocycles. The second-order valence-corrected chi connectivity index (χ2v) is 6.54. The third-order valence-electron chi connectivity index (χ3n) is 4.81. The lowest BCUT2D eigenvalue weighted by atomic mass is 10.0. The molecule has 1 aromatic rings. The molecule has 24 heavy (non-hydrogen) atoms. The molecule has 1 aliphatic carbocycles. The number of amides is 1. The number of methoxy groups -OCH3 is 2. The first-order valence-electron chi connectivity index (χ1n) is 8.62. The van der Waals surface area contributed by atoms with E-state index in [1.54, 1.807) is 14.2 Å². The van der Waals surface area contributed by atoms with Crippen molar-refractivity contribution in [2.45, 2.75) is 31.7 Å². The molecule has 5 nitrogen and oxygen atoms in total. The normalized spacial score (nSPS) is 22.7. The van der Waals surface area contributed by atoms with Crippen LogP contribution in [0.2, 0.25) is 0 Å². The van der Waals surface area contributed by atoms with Crippen LogP contribution < -0.4 is 19.7 Å². The number of hydrogen-bond acceptors (Lipinski definition) is 4. The van der Waals surface area contributed by atoms with Crippen LogP contribution in [-0.4, -0.2) is 39.3 Å². The van der Waals surface area contributed by atoms with E-state index in [4.69, 9.17) is 9.47 Å². The molecule has 1 saturated heterocycles. The molecule has 1 fully saturated rings. The van der Waals surface area contributed by atoms with Gasteiger partial charge in [-0.2, -0.15) is 0 Å². The average Bonchev–Trinajstić information content (AvgIpc) is 3.26. The van der Waals surface area contributed by atoms with Crippen LogP contribution in [0.1, 0.15) is 25.7 Å². The number of nitrogens with zero attached hydrogens (tertiary/aromatic N) is 1. The molecule has 0 radical (unpaired) electrons. The summed E-state index contributed by atoms with van der Waals surface area (Å²) in [5.41, 5.74) is 1.07. The Morgan fingerprint density at radius 1 is 1.21 bits per heavy atom. The number of allylic oxidation sites excluding steroid dienone is 2. The molecule has 1 aromatic carbocycles. The number of ether oxygens (including phenoxy) is 2. The minimum Gasteiger partial charge on any atom is -0.497 e. The summed E-state index contributed by atoms with van der Waals surface area (Å²) in [4.78, 5) is 14.5. The van der Waals surface area contributed by atoms with Crippen molar-refractivity contribution in [2.24, 2.45) is 5.92 Å². The lowest BCUT2D eigenvalue weighted by Crippen LogP contribution is -2.37. The maximum absolute atomic E-state index is 12.2. The van der Waals surface area contributed by atoms with Gasteiger partial charge in [-0.3, -0.25) is 4.79 Å². The number of rotatable bonds is 6. The number of carbonyl (C=O) groups is 1. The first-order chi connectivity index (χ1) is 11.7. The quantitative estimate of drug-likeness (QED) is 0.815. The molecule has 1 aliphatic heterocycles. The van der Waals surface area contributed by atoms with Gasteiger partial charge < -0.3 is 19.7 Å². The van der Waals surface area contributed by atoms with Crippen molar-refractivity contribution in [3.05, 3.63) is 30.4 Å². The van der Waals surface area contributed by atoms with E-state index in [1.165, 1.54) is 0 Å². The molecule has 1 amide bonds. The molecule has 0 aromatic heterocycles. The molecule has 0 saturated carbocycles. The van der Waals surface area contributed by atoms with Gasteiger partial charge in [0, 0.05) is 49.4 Å². The van der Waals surface area contributed by atoms with Crippen LogP contribution in [0.4, 0.5) is 5.69 Å². The van der Waals surface area contributed by atoms with Crippen molar-refractivity contribution < 1.29 is 14.3 Å². The lowest BCUT2D eigenvalue weighted by Gasteiger charge is -2.21. The summed E-state index contributed by atoms with van der Waals surface area (Å²) in [6.45, 7) is 1.74. The Kier molecular flexibility index (Phi) is 5.28. The van der Waals surface area contributed by atoms with Crippen LogP contribution in [0.3, 0.4) is 0 Å². The van der Waals surface area contributed by atoms with Crippen molar-refractivity contribution in [1.29, 1.82) is 0 Å². The molecule has 2 aliphatic rings. The predicted octanol–water partition coefficient (Wildman–Crippen LogP) is 2.76. The number of benzene rings is 1. The molecule has 130 valence electrons.